The largest absolute Gasteiger partial charge is 0.356 e. The molecule has 4 heteroatoms. The first-order valence-corrected chi connectivity index (χ1v) is 9.71. The normalized spacial score (nSPS) is 18.4. The molecule has 1 aliphatic carbocycles. The van der Waals surface area contributed by atoms with Gasteiger partial charge in [-0.3, -0.25) is 9.98 Å². The zero-order valence-electron chi connectivity index (χ0n) is 15.8. The van der Waals surface area contributed by atoms with Gasteiger partial charge in [0.1, 0.15) is 0 Å². The predicted molar refractivity (Wildman–Crippen MR) is 108 cm³/mol. The summed E-state index contributed by atoms with van der Waals surface area (Å²) in [4.78, 5) is 11.2. The second-order valence-electron chi connectivity index (χ2n) is 7.62. The number of guanidine groups is 1. The lowest BCUT2D eigenvalue weighted by Crippen LogP contribution is -2.44. The molecule has 1 aromatic carbocycles. The summed E-state index contributed by atoms with van der Waals surface area (Å²) in [6.07, 6.45) is 10.1. The van der Waals surface area contributed by atoms with E-state index in [1.165, 1.54) is 48.1 Å². The molecule has 4 rings (SSSR count). The van der Waals surface area contributed by atoms with Crippen LogP contribution in [0.4, 0.5) is 5.69 Å². The third-order valence-electron chi connectivity index (χ3n) is 6.07. The molecule has 0 radical (unpaired) electrons. The van der Waals surface area contributed by atoms with Crippen LogP contribution in [0.2, 0.25) is 0 Å². The predicted octanol–water partition coefficient (Wildman–Crippen LogP) is 3.84. The molecule has 1 saturated carbocycles. The Hall–Kier alpha value is -2.36. The number of aliphatic imine (C=N–C) groups is 1. The highest BCUT2D eigenvalue weighted by Crippen LogP contribution is 2.50. The number of nitrogens with zero attached hydrogens (tertiary/aromatic N) is 3. The highest BCUT2D eigenvalue weighted by Gasteiger charge is 2.45. The summed E-state index contributed by atoms with van der Waals surface area (Å²) in [7, 11) is 1.89. The fourth-order valence-corrected chi connectivity index (χ4v) is 4.69. The van der Waals surface area contributed by atoms with Gasteiger partial charge in [-0.2, -0.15) is 0 Å². The number of hydrogen-bond donors (Lipinski definition) is 1. The van der Waals surface area contributed by atoms with Crippen molar-refractivity contribution >= 4 is 11.6 Å². The second kappa shape index (κ2) is 7.10. The van der Waals surface area contributed by atoms with Crippen molar-refractivity contribution in [1.29, 1.82) is 0 Å². The summed E-state index contributed by atoms with van der Waals surface area (Å²) in [6.45, 7) is 4.06. The zero-order chi connectivity index (χ0) is 18.0. The molecule has 1 aliphatic heterocycles. The van der Waals surface area contributed by atoms with E-state index in [9.17, 15) is 0 Å². The van der Waals surface area contributed by atoms with Gasteiger partial charge in [0.05, 0.1) is 0 Å². The molecule has 2 aliphatic rings. The summed E-state index contributed by atoms with van der Waals surface area (Å²) < 4.78 is 0. The van der Waals surface area contributed by atoms with Gasteiger partial charge >= 0.3 is 0 Å². The molecule has 136 valence electrons. The third kappa shape index (κ3) is 2.98. The summed E-state index contributed by atoms with van der Waals surface area (Å²) in [5, 5.41) is 3.59. The Morgan fingerprint density at radius 1 is 1.23 bits per heavy atom. The first-order valence-electron chi connectivity index (χ1n) is 9.71. The molecule has 26 heavy (non-hydrogen) atoms. The second-order valence-corrected chi connectivity index (χ2v) is 7.62. The molecule has 1 fully saturated rings. The molecule has 1 aromatic heterocycles. The van der Waals surface area contributed by atoms with Gasteiger partial charge in [0.2, 0.25) is 0 Å². The van der Waals surface area contributed by atoms with Gasteiger partial charge in [0.15, 0.2) is 5.96 Å². The van der Waals surface area contributed by atoms with Crippen LogP contribution in [0, 0.1) is 6.92 Å². The SMILES string of the molecule is CN=C(NCCc1ccncc1C)N1CC2(CCCC2)c2ccccc21. The number of para-hydroxylation sites is 1. The van der Waals surface area contributed by atoms with E-state index in [0.717, 1.165) is 25.5 Å². The van der Waals surface area contributed by atoms with Crippen LogP contribution >= 0.6 is 0 Å². The van der Waals surface area contributed by atoms with Crippen molar-refractivity contribution in [3.8, 4) is 0 Å². The Balaban J connectivity index is 1.50. The molecule has 0 unspecified atom stereocenters. The quantitative estimate of drug-likeness (QED) is 0.677. The van der Waals surface area contributed by atoms with Crippen molar-refractivity contribution in [3.05, 3.63) is 59.4 Å². The standard InChI is InChI=1S/C22H28N4/c1-17-15-24-13-9-18(17)10-14-25-21(23-2)26-16-22(11-5-6-12-22)19-7-3-4-8-20(19)26/h3-4,7-9,13,15H,5-6,10-12,14,16H2,1-2H3,(H,23,25). The van der Waals surface area contributed by atoms with Gasteiger partial charge in [-0.1, -0.05) is 31.0 Å². The van der Waals surface area contributed by atoms with Gasteiger partial charge in [-0.05, 0) is 55.0 Å². The van der Waals surface area contributed by atoms with Crippen LogP contribution in [0.5, 0.6) is 0 Å². The van der Waals surface area contributed by atoms with Crippen LogP contribution in [-0.4, -0.2) is 31.1 Å². The Kier molecular flexibility index (Phi) is 4.66. The maximum atomic E-state index is 4.60. The van der Waals surface area contributed by atoms with E-state index in [-0.39, 0.29) is 0 Å². The number of pyridine rings is 1. The number of anilines is 1. The Morgan fingerprint density at radius 2 is 2.04 bits per heavy atom. The molecule has 2 aromatic rings. The summed E-state index contributed by atoms with van der Waals surface area (Å²) >= 11 is 0. The molecule has 1 N–H and O–H groups in total. The van der Waals surface area contributed by atoms with E-state index in [2.05, 4.69) is 57.4 Å². The Bertz CT molecular complexity index is 805. The topological polar surface area (TPSA) is 40.5 Å². The number of aromatic nitrogens is 1. The van der Waals surface area contributed by atoms with Crippen molar-refractivity contribution in [1.82, 2.24) is 10.3 Å². The van der Waals surface area contributed by atoms with Crippen LogP contribution in [0.15, 0.2) is 47.7 Å². The summed E-state index contributed by atoms with van der Waals surface area (Å²) in [5.41, 5.74) is 5.78. The minimum atomic E-state index is 0.329. The molecule has 4 nitrogen and oxygen atoms in total. The minimum absolute atomic E-state index is 0.329. The maximum Gasteiger partial charge on any atom is 0.198 e. The van der Waals surface area contributed by atoms with E-state index in [1.54, 1.807) is 0 Å². The summed E-state index contributed by atoms with van der Waals surface area (Å²) in [6, 6.07) is 11.0. The van der Waals surface area contributed by atoms with Crippen molar-refractivity contribution in [2.75, 3.05) is 25.0 Å². The lowest BCUT2D eigenvalue weighted by Gasteiger charge is -2.26. The van der Waals surface area contributed by atoms with Crippen molar-refractivity contribution in [3.63, 3.8) is 0 Å². The molecule has 0 saturated heterocycles. The van der Waals surface area contributed by atoms with E-state index < -0.39 is 0 Å². The monoisotopic (exact) mass is 348 g/mol. The number of rotatable bonds is 3. The van der Waals surface area contributed by atoms with E-state index >= 15 is 0 Å². The molecule has 0 atom stereocenters. The zero-order valence-corrected chi connectivity index (χ0v) is 15.8. The smallest absolute Gasteiger partial charge is 0.198 e. The van der Waals surface area contributed by atoms with Gasteiger partial charge in [0.25, 0.3) is 0 Å². The van der Waals surface area contributed by atoms with E-state index in [4.69, 9.17) is 0 Å². The number of benzene rings is 1. The van der Waals surface area contributed by atoms with Crippen molar-refractivity contribution in [2.45, 2.75) is 44.4 Å². The van der Waals surface area contributed by atoms with Crippen molar-refractivity contribution in [2.24, 2.45) is 4.99 Å². The van der Waals surface area contributed by atoms with E-state index in [1.807, 2.05) is 19.4 Å². The van der Waals surface area contributed by atoms with Crippen LogP contribution in [0.1, 0.15) is 42.4 Å². The number of aryl methyl sites for hydroxylation is 1. The number of fused-ring (bicyclic) bond motifs is 2. The minimum Gasteiger partial charge on any atom is -0.356 e. The van der Waals surface area contributed by atoms with E-state index in [0.29, 0.717) is 5.41 Å². The molecule has 2 heterocycles. The van der Waals surface area contributed by atoms with Crippen molar-refractivity contribution < 1.29 is 0 Å². The number of nitrogens with one attached hydrogen (secondary N) is 1. The lowest BCUT2D eigenvalue weighted by atomic mass is 9.81. The first kappa shape index (κ1) is 17.1. The number of hydrogen-bond acceptors (Lipinski definition) is 2. The lowest BCUT2D eigenvalue weighted by molar-refractivity contribution is 0.478. The average Bonchev–Trinajstić information content (AvgIpc) is 3.27. The molecule has 0 amide bonds. The van der Waals surface area contributed by atoms with Gasteiger partial charge < -0.3 is 10.2 Å². The average molecular weight is 348 g/mol. The fraction of sp³-hybridized carbons (Fsp3) is 0.455. The van der Waals surface area contributed by atoms with Gasteiger partial charge in [-0.15, -0.1) is 0 Å². The van der Waals surface area contributed by atoms with Crippen LogP contribution < -0.4 is 10.2 Å². The highest BCUT2D eigenvalue weighted by atomic mass is 15.3. The van der Waals surface area contributed by atoms with Gasteiger partial charge in [0, 0.05) is 43.6 Å². The summed E-state index contributed by atoms with van der Waals surface area (Å²) in [5.74, 6) is 0.993. The molecular weight excluding hydrogens is 320 g/mol. The van der Waals surface area contributed by atoms with Gasteiger partial charge in [-0.25, -0.2) is 0 Å². The molecule has 0 bridgehead atoms. The Morgan fingerprint density at radius 3 is 2.81 bits per heavy atom. The van der Waals surface area contributed by atoms with Crippen LogP contribution in [0.3, 0.4) is 0 Å². The first-order chi connectivity index (χ1) is 12.7. The van der Waals surface area contributed by atoms with Crippen LogP contribution in [-0.2, 0) is 11.8 Å². The fourth-order valence-electron chi connectivity index (χ4n) is 4.69. The highest BCUT2D eigenvalue weighted by molar-refractivity contribution is 5.98. The van der Waals surface area contributed by atoms with Crippen LogP contribution in [0.25, 0.3) is 0 Å². The molecular formula is C22H28N4. The molecule has 1 spiro atoms. The third-order valence-corrected chi connectivity index (χ3v) is 6.07. The maximum absolute atomic E-state index is 4.60. The Labute approximate surface area is 156 Å².